The number of para-hydroxylation sites is 1. The number of methoxy groups -OCH3 is 1. The van der Waals surface area contributed by atoms with Crippen LogP contribution in [0.5, 0.6) is 5.88 Å². The molecular formula is C26H33ClFN5O3. The van der Waals surface area contributed by atoms with Gasteiger partial charge in [-0.25, -0.2) is 13.9 Å². The standard InChI is InChI=1S/C13H15ClN4O2.C13H18FNO/c1-2-8-20-12-10(14)11(16-13(15)19)18(17-12)9-6-4-3-5-7-9;1-16-9-8-15-7-6-12(10-15)11-2-4-13(14)5-3-11/h3-7H,2,8H2,1H3,(H3,15,16,19);2-5,12H,6-10H2,1H3. The Bertz CT molecular complexity index is 1090. The van der Waals surface area contributed by atoms with Crippen LogP contribution < -0.4 is 15.8 Å². The van der Waals surface area contributed by atoms with Gasteiger partial charge in [0.25, 0.3) is 5.88 Å². The maximum Gasteiger partial charge on any atom is 0.317 e. The van der Waals surface area contributed by atoms with Crippen molar-refractivity contribution in [2.24, 2.45) is 5.73 Å². The molecule has 2 amide bonds. The number of hydrogen-bond donors (Lipinski definition) is 2. The van der Waals surface area contributed by atoms with Crippen molar-refractivity contribution in [2.75, 3.05) is 45.3 Å². The zero-order chi connectivity index (χ0) is 25.9. The molecule has 1 unspecified atom stereocenters. The van der Waals surface area contributed by atoms with Crippen LogP contribution in [0.25, 0.3) is 5.69 Å². The number of hydrogen-bond acceptors (Lipinski definition) is 5. The summed E-state index contributed by atoms with van der Waals surface area (Å²) in [6.45, 7) is 6.43. The highest BCUT2D eigenvalue weighted by molar-refractivity contribution is 6.34. The molecule has 0 saturated carbocycles. The van der Waals surface area contributed by atoms with Gasteiger partial charge in [0.2, 0.25) is 0 Å². The summed E-state index contributed by atoms with van der Waals surface area (Å²) in [5.74, 6) is 0.952. The maximum atomic E-state index is 12.8. The Morgan fingerprint density at radius 3 is 2.56 bits per heavy atom. The lowest BCUT2D eigenvalue weighted by Gasteiger charge is -2.15. The number of ether oxygens (including phenoxy) is 2. The molecule has 1 atom stereocenters. The molecule has 2 aromatic carbocycles. The van der Waals surface area contributed by atoms with Crippen LogP contribution >= 0.6 is 11.6 Å². The number of urea groups is 1. The van der Waals surface area contributed by atoms with Gasteiger partial charge in [-0.2, -0.15) is 0 Å². The average molecular weight is 518 g/mol. The van der Waals surface area contributed by atoms with Gasteiger partial charge in [0.05, 0.1) is 18.9 Å². The second kappa shape index (κ2) is 13.8. The predicted molar refractivity (Wildman–Crippen MR) is 140 cm³/mol. The highest BCUT2D eigenvalue weighted by Gasteiger charge is 2.23. The van der Waals surface area contributed by atoms with E-state index in [0.29, 0.717) is 12.5 Å². The summed E-state index contributed by atoms with van der Waals surface area (Å²) in [5.41, 5.74) is 7.15. The van der Waals surface area contributed by atoms with Gasteiger partial charge < -0.3 is 20.1 Å². The molecule has 0 aliphatic carbocycles. The molecule has 1 fully saturated rings. The number of nitrogens with one attached hydrogen (secondary N) is 1. The third kappa shape index (κ3) is 7.68. The monoisotopic (exact) mass is 517 g/mol. The number of rotatable bonds is 9. The van der Waals surface area contributed by atoms with E-state index in [1.54, 1.807) is 19.2 Å². The number of halogens is 2. The minimum Gasteiger partial charge on any atom is -0.476 e. The maximum absolute atomic E-state index is 12.8. The Morgan fingerprint density at radius 2 is 1.92 bits per heavy atom. The Labute approximate surface area is 216 Å². The van der Waals surface area contributed by atoms with Gasteiger partial charge in [0.15, 0.2) is 5.82 Å². The molecule has 0 radical (unpaired) electrons. The summed E-state index contributed by atoms with van der Waals surface area (Å²) in [5, 5.41) is 6.95. The minimum absolute atomic E-state index is 0.155. The van der Waals surface area contributed by atoms with Gasteiger partial charge in [0.1, 0.15) is 10.8 Å². The van der Waals surface area contributed by atoms with Crippen LogP contribution in [0.4, 0.5) is 15.0 Å². The molecule has 1 saturated heterocycles. The van der Waals surface area contributed by atoms with E-state index >= 15 is 0 Å². The zero-order valence-corrected chi connectivity index (χ0v) is 21.4. The van der Waals surface area contributed by atoms with Crippen LogP contribution in [0.3, 0.4) is 0 Å². The Hall–Kier alpha value is -3.14. The number of carbonyl (C=O) groups is 1. The van der Waals surface area contributed by atoms with Crippen LogP contribution in [0.2, 0.25) is 5.02 Å². The molecule has 194 valence electrons. The van der Waals surface area contributed by atoms with Crippen molar-refractivity contribution in [3.05, 3.63) is 71.0 Å². The van der Waals surface area contributed by atoms with Gasteiger partial charge in [-0.1, -0.05) is 48.9 Å². The van der Waals surface area contributed by atoms with Crippen molar-refractivity contribution in [2.45, 2.75) is 25.7 Å². The van der Waals surface area contributed by atoms with Gasteiger partial charge in [-0.15, -0.1) is 5.10 Å². The number of primary amides is 1. The van der Waals surface area contributed by atoms with Gasteiger partial charge in [-0.05, 0) is 55.1 Å². The van der Waals surface area contributed by atoms with Gasteiger partial charge in [-0.3, -0.25) is 5.32 Å². The average Bonchev–Trinajstić information content (AvgIpc) is 3.47. The summed E-state index contributed by atoms with van der Waals surface area (Å²) in [6, 6.07) is 15.4. The summed E-state index contributed by atoms with van der Waals surface area (Å²) in [6.07, 6.45) is 1.99. The molecule has 3 aromatic rings. The first-order chi connectivity index (χ1) is 17.4. The molecule has 10 heteroatoms. The molecule has 1 aromatic heterocycles. The molecule has 3 N–H and O–H groups in total. The lowest BCUT2D eigenvalue weighted by atomic mass is 9.99. The molecule has 8 nitrogen and oxygen atoms in total. The Balaban J connectivity index is 0.000000205. The normalized spacial score (nSPS) is 15.3. The summed E-state index contributed by atoms with van der Waals surface area (Å²) in [7, 11) is 1.73. The predicted octanol–water partition coefficient (Wildman–Crippen LogP) is 5.07. The fourth-order valence-corrected chi connectivity index (χ4v) is 4.13. The largest absolute Gasteiger partial charge is 0.476 e. The van der Waals surface area contributed by atoms with Crippen molar-refractivity contribution in [1.29, 1.82) is 0 Å². The van der Waals surface area contributed by atoms with E-state index < -0.39 is 6.03 Å². The highest BCUT2D eigenvalue weighted by Crippen LogP contribution is 2.34. The number of nitrogens with two attached hydrogens (primary N) is 1. The van der Waals surface area contributed by atoms with Crippen molar-refractivity contribution >= 4 is 23.4 Å². The fourth-order valence-electron chi connectivity index (χ4n) is 3.91. The highest BCUT2D eigenvalue weighted by atomic mass is 35.5. The van der Waals surface area contributed by atoms with Crippen LogP contribution in [0.1, 0.15) is 31.2 Å². The molecule has 0 spiro atoms. The molecule has 0 bridgehead atoms. The van der Waals surface area contributed by atoms with Gasteiger partial charge >= 0.3 is 6.03 Å². The first-order valence-electron chi connectivity index (χ1n) is 11.9. The van der Waals surface area contributed by atoms with Gasteiger partial charge in [0, 0.05) is 20.2 Å². The van der Waals surface area contributed by atoms with Crippen LogP contribution in [0, 0.1) is 5.82 Å². The second-order valence-electron chi connectivity index (χ2n) is 8.38. The van der Waals surface area contributed by atoms with Crippen molar-refractivity contribution in [3.8, 4) is 11.6 Å². The fraction of sp³-hybridized carbons (Fsp3) is 0.385. The number of anilines is 1. The van der Waals surface area contributed by atoms with Crippen molar-refractivity contribution in [1.82, 2.24) is 14.7 Å². The zero-order valence-electron chi connectivity index (χ0n) is 20.6. The number of amides is 2. The number of aromatic nitrogens is 2. The quantitative estimate of drug-likeness (QED) is 0.413. The summed E-state index contributed by atoms with van der Waals surface area (Å²) in [4.78, 5) is 13.5. The van der Waals surface area contributed by atoms with E-state index in [2.05, 4.69) is 15.3 Å². The van der Waals surface area contributed by atoms with Crippen molar-refractivity contribution in [3.63, 3.8) is 0 Å². The van der Waals surface area contributed by atoms with E-state index in [1.165, 1.54) is 10.2 Å². The van der Waals surface area contributed by atoms with E-state index in [-0.39, 0.29) is 22.5 Å². The van der Waals surface area contributed by atoms with E-state index in [1.807, 2.05) is 49.4 Å². The second-order valence-corrected chi connectivity index (χ2v) is 8.76. The summed E-state index contributed by atoms with van der Waals surface area (Å²) < 4.78 is 24.8. The third-order valence-corrected chi connectivity index (χ3v) is 6.05. The number of likely N-dealkylation sites (tertiary alicyclic amines) is 1. The lowest BCUT2D eigenvalue weighted by Crippen LogP contribution is -2.24. The SMILES string of the molecule is CCCOc1nn(-c2ccccc2)c(NC(N)=O)c1Cl.COCCN1CCC(c2ccc(F)cc2)C1. The first-order valence-corrected chi connectivity index (χ1v) is 12.3. The topological polar surface area (TPSA) is 94.6 Å². The molecule has 4 rings (SSSR count). The van der Waals surface area contributed by atoms with E-state index in [0.717, 1.165) is 44.8 Å². The molecule has 2 heterocycles. The molecule has 36 heavy (non-hydrogen) atoms. The number of benzene rings is 2. The Kier molecular flexibility index (Phi) is 10.5. The van der Waals surface area contributed by atoms with Crippen LogP contribution in [0.15, 0.2) is 54.6 Å². The van der Waals surface area contributed by atoms with Crippen LogP contribution in [-0.2, 0) is 4.74 Å². The molecule has 1 aliphatic rings. The lowest BCUT2D eigenvalue weighted by molar-refractivity contribution is 0.160. The van der Waals surface area contributed by atoms with Crippen molar-refractivity contribution < 1.29 is 18.7 Å². The first kappa shape index (κ1) is 27.4. The minimum atomic E-state index is -0.717. The number of carbonyl (C=O) groups excluding carboxylic acids is 1. The smallest absolute Gasteiger partial charge is 0.317 e. The third-order valence-electron chi connectivity index (χ3n) is 5.71. The molecule has 1 aliphatic heterocycles. The van der Waals surface area contributed by atoms with Crippen LogP contribution in [-0.4, -0.2) is 60.7 Å². The van der Waals surface area contributed by atoms with E-state index in [4.69, 9.17) is 26.8 Å². The number of nitrogens with zero attached hydrogens (tertiary/aromatic N) is 3. The molecular weight excluding hydrogens is 485 g/mol. The summed E-state index contributed by atoms with van der Waals surface area (Å²) >= 11 is 6.18. The van der Waals surface area contributed by atoms with E-state index in [9.17, 15) is 9.18 Å². The Morgan fingerprint density at radius 1 is 1.19 bits per heavy atom.